The van der Waals surface area contributed by atoms with Crippen molar-refractivity contribution in [3.63, 3.8) is 0 Å². The molecule has 1 rings (SSSR count). The summed E-state index contributed by atoms with van der Waals surface area (Å²) in [5, 5.41) is 15.0. The molecule has 0 aliphatic rings. The summed E-state index contributed by atoms with van der Waals surface area (Å²) in [7, 11) is -3.55. The maximum absolute atomic E-state index is 12.1. The van der Waals surface area contributed by atoms with Crippen LogP contribution in [0.4, 0.5) is 0 Å². The van der Waals surface area contributed by atoms with Gasteiger partial charge in [0.1, 0.15) is 4.90 Å². The van der Waals surface area contributed by atoms with Crippen molar-refractivity contribution in [1.82, 2.24) is 14.9 Å². The number of carboxylic acid groups (broad SMARTS) is 1. The average Bonchev–Trinajstić information content (AvgIpc) is 2.83. The van der Waals surface area contributed by atoms with Gasteiger partial charge in [-0.15, -0.1) is 0 Å². The molecule has 0 aliphatic heterocycles. The van der Waals surface area contributed by atoms with Crippen molar-refractivity contribution in [2.45, 2.75) is 50.8 Å². The number of hydrogen-bond acceptors (Lipinski definition) is 4. The van der Waals surface area contributed by atoms with Gasteiger partial charge in [-0.25, -0.2) is 13.1 Å². The number of aromatic nitrogens is 2. The van der Waals surface area contributed by atoms with Crippen LogP contribution in [0.2, 0.25) is 0 Å². The lowest BCUT2D eigenvalue weighted by Gasteiger charge is -2.15. The zero-order valence-corrected chi connectivity index (χ0v) is 13.2. The Kier molecular flexibility index (Phi) is 6.83. The summed E-state index contributed by atoms with van der Waals surface area (Å²) in [4.78, 5) is 10.8. The van der Waals surface area contributed by atoms with Crippen molar-refractivity contribution >= 4 is 16.0 Å². The van der Waals surface area contributed by atoms with Gasteiger partial charge in [0.05, 0.1) is 11.9 Å². The molecule has 0 spiro atoms. The molecule has 0 saturated carbocycles. The topological polar surface area (TPSA) is 112 Å². The molecule has 1 atom stereocenters. The highest BCUT2D eigenvalue weighted by atomic mass is 32.2. The first-order chi connectivity index (χ1) is 9.86. The van der Waals surface area contributed by atoms with Gasteiger partial charge in [-0.05, 0) is 25.7 Å². The van der Waals surface area contributed by atoms with Gasteiger partial charge in [-0.1, -0.05) is 19.8 Å². The number of carboxylic acids is 1. The normalized spacial score (nSPS) is 13.2. The van der Waals surface area contributed by atoms with E-state index in [-0.39, 0.29) is 17.2 Å². The number of aryl methyl sites for hydroxylation is 1. The Morgan fingerprint density at radius 3 is 2.67 bits per heavy atom. The number of H-pyrrole nitrogens is 1. The molecule has 0 aliphatic carbocycles. The summed E-state index contributed by atoms with van der Waals surface area (Å²) in [5.74, 6) is -0.593. The highest BCUT2D eigenvalue weighted by Gasteiger charge is 2.19. The maximum atomic E-state index is 12.1. The predicted octanol–water partition coefficient (Wildman–Crippen LogP) is 1.67. The minimum atomic E-state index is -3.55. The maximum Gasteiger partial charge on any atom is 0.303 e. The molecular weight excluding hydrogens is 294 g/mol. The molecule has 8 heteroatoms. The van der Waals surface area contributed by atoms with Crippen molar-refractivity contribution in [3.05, 3.63) is 11.9 Å². The fourth-order valence-corrected chi connectivity index (χ4v) is 3.44. The zero-order valence-electron chi connectivity index (χ0n) is 12.4. The van der Waals surface area contributed by atoms with Crippen LogP contribution in [-0.4, -0.2) is 36.2 Å². The number of nitrogens with zero attached hydrogens (tertiary/aromatic N) is 1. The molecule has 21 heavy (non-hydrogen) atoms. The van der Waals surface area contributed by atoms with E-state index < -0.39 is 16.0 Å². The van der Waals surface area contributed by atoms with E-state index >= 15 is 0 Å². The number of aliphatic carboxylic acids is 1. The van der Waals surface area contributed by atoms with Gasteiger partial charge in [0.25, 0.3) is 0 Å². The van der Waals surface area contributed by atoms with Crippen LogP contribution in [-0.2, 0) is 14.8 Å². The van der Waals surface area contributed by atoms with Gasteiger partial charge < -0.3 is 5.11 Å². The van der Waals surface area contributed by atoms with Crippen LogP contribution in [0.1, 0.15) is 44.7 Å². The Morgan fingerprint density at radius 2 is 2.14 bits per heavy atom. The Balaban J connectivity index is 2.49. The molecule has 0 radical (unpaired) electrons. The number of sulfonamides is 1. The second kappa shape index (κ2) is 8.14. The van der Waals surface area contributed by atoms with Gasteiger partial charge in [-0.3, -0.25) is 9.89 Å². The first kappa shape index (κ1) is 17.6. The SMILES string of the molecule is CCCC(CCNS(=O)(=O)c1cn[nH]c1C)CCC(=O)O. The Hall–Kier alpha value is -1.41. The molecule has 0 aromatic carbocycles. The number of rotatable bonds is 10. The first-order valence-electron chi connectivity index (χ1n) is 7.08. The minimum Gasteiger partial charge on any atom is -0.481 e. The summed E-state index contributed by atoms with van der Waals surface area (Å²) in [6, 6.07) is 0. The van der Waals surface area contributed by atoms with E-state index in [2.05, 4.69) is 14.9 Å². The summed E-state index contributed by atoms with van der Waals surface area (Å²) < 4.78 is 26.7. The fraction of sp³-hybridized carbons (Fsp3) is 0.692. The summed E-state index contributed by atoms with van der Waals surface area (Å²) in [6.45, 7) is 3.98. The van der Waals surface area contributed by atoms with Crippen LogP contribution in [0, 0.1) is 12.8 Å². The second-order valence-electron chi connectivity index (χ2n) is 5.13. The van der Waals surface area contributed by atoms with Crippen LogP contribution in [0.25, 0.3) is 0 Å². The third-order valence-corrected chi connectivity index (χ3v) is 4.96. The molecule has 120 valence electrons. The Morgan fingerprint density at radius 1 is 1.43 bits per heavy atom. The van der Waals surface area contributed by atoms with E-state index in [0.717, 1.165) is 12.8 Å². The molecule has 0 saturated heterocycles. The Labute approximate surface area is 125 Å². The van der Waals surface area contributed by atoms with Crippen molar-refractivity contribution in [2.24, 2.45) is 5.92 Å². The van der Waals surface area contributed by atoms with Crippen molar-refractivity contribution < 1.29 is 18.3 Å². The van der Waals surface area contributed by atoms with Gasteiger partial charge in [0.2, 0.25) is 10.0 Å². The monoisotopic (exact) mass is 317 g/mol. The largest absolute Gasteiger partial charge is 0.481 e. The van der Waals surface area contributed by atoms with Gasteiger partial charge in [-0.2, -0.15) is 5.10 Å². The molecule has 1 heterocycles. The van der Waals surface area contributed by atoms with E-state index in [0.29, 0.717) is 25.1 Å². The quantitative estimate of drug-likeness (QED) is 0.607. The van der Waals surface area contributed by atoms with Crippen LogP contribution in [0.5, 0.6) is 0 Å². The van der Waals surface area contributed by atoms with Gasteiger partial charge in [0.15, 0.2) is 0 Å². The summed E-state index contributed by atoms with van der Waals surface area (Å²) >= 11 is 0. The lowest BCUT2D eigenvalue weighted by molar-refractivity contribution is -0.137. The molecule has 1 unspecified atom stereocenters. The highest BCUT2D eigenvalue weighted by molar-refractivity contribution is 7.89. The lowest BCUT2D eigenvalue weighted by Crippen LogP contribution is -2.26. The Bertz CT molecular complexity index is 554. The van der Waals surface area contributed by atoms with E-state index in [1.807, 2.05) is 6.92 Å². The standard InChI is InChI=1S/C13H23N3O4S/c1-3-4-11(5-6-13(17)18)7-8-15-21(19,20)12-9-14-16-10(12)2/h9,11,15H,3-8H2,1-2H3,(H,14,16)(H,17,18). The van der Waals surface area contributed by atoms with Gasteiger partial charge in [0, 0.05) is 13.0 Å². The minimum absolute atomic E-state index is 0.123. The number of nitrogens with one attached hydrogen (secondary N) is 2. The van der Waals surface area contributed by atoms with Crippen molar-refractivity contribution in [3.8, 4) is 0 Å². The van der Waals surface area contributed by atoms with E-state index in [1.54, 1.807) is 6.92 Å². The molecule has 0 bridgehead atoms. The third kappa shape index (κ3) is 5.84. The van der Waals surface area contributed by atoms with E-state index in [1.165, 1.54) is 6.20 Å². The number of aromatic amines is 1. The average molecular weight is 317 g/mol. The zero-order chi connectivity index (χ0) is 15.9. The smallest absolute Gasteiger partial charge is 0.303 e. The predicted molar refractivity (Wildman–Crippen MR) is 78.4 cm³/mol. The first-order valence-corrected chi connectivity index (χ1v) is 8.56. The van der Waals surface area contributed by atoms with Crippen LogP contribution >= 0.6 is 0 Å². The molecule has 7 nitrogen and oxygen atoms in total. The molecule has 0 fully saturated rings. The molecule has 1 aromatic heterocycles. The van der Waals surface area contributed by atoms with E-state index in [9.17, 15) is 13.2 Å². The number of carbonyl (C=O) groups is 1. The molecular formula is C13H23N3O4S. The lowest BCUT2D eigenvalue weighted by atomic mass is 9.95. The summed E-state index contributed by atoms with van der Waals surface area (Å²) in [6.07, 6.45) is 4.48. The fourth-order valence-electron chi connectivity index (χ4n) is 2.25. The van der Waals surface area contributed by atoms with E-state index in [4.69, 9.17) is 5.11 Å². The molecule has 3 N–H and O–H groups in total. The van der Waals surface area contributed by atoms with Crippen molar-refractivity contribution in [2.75, 3.05) is 6.54 Å². The molecule has 0 amide bonds. The highest BCUT2D eigenvalue weighted by Crippen LogP contribution is 2.18. The molecule has 1 aromatic rings. The van der Waals surface area contributed by atoms with Crippen LogP contribution in [0.3, 0.4) is 0 Å². The summed E-state index contributed by atoms with van der Waals surface area (Å²) in [5.41, 5.74) is 0.499. The number of hydrogen-bond donors (Lipinski definition) is 3. The van der Waals surface area contributed by atoms with Crippen LogP contribution in [0.15, 0.2) is 11.1 Å². The van der Waals surface area contributed by atoms with Crippen molar-refractivity contribution in [1.29, 1.82) is 0 Å². The van der Waals surface area contributed by atoms with Crippen LogP contribution < -0.4 is 4.72 Å². The second-order valence-corrected chi connectivity index (χ2v) is 6.87. The van der Waals surface area contributed by atoms with Gasteiger partial charge >= 0.3 is 5.97 Å². The third-order valence-electron chi connectivity index (χ3n) is 3.38.